The van der Waals surface area contributed by atoms with Gasteiger partial charge in [-0.05, 0) is 31.2 Å². The standard InChI is InChI=1S/C15H21N3O2/c16-17-14(19)9-11-15(12-6-2-1-3-7-12)10-5-4-8-13(15)18-20/h1-3,6-7,20H,4-5,8-11,16H2,(H,17,19)/b18-13-/t15-/m0/s1. The van der Waals surface area contributed by atoms with Crippen molar-refractivity contribution in [1.29, 1.82) is 0 Å². The van der Waals surface area contributed by atoms with Crippen LogP contribution >= 0.6 is 0 Å². The van der Waals surface area contributed by atoms with Gasteiger partial charge in [0.1, 0.15) is 0 Å². The highest BCUT2D eigenvalue weighted by Crippen LogP contribution is 2.41. The molecule has 108 valence electrons. The summed E-state index contributed by atoms with van der Waals surface area (Å²) in [5, 5.41) is 12.9. The molecule has 1 aromatic carbocycles. The highest BCUT2D eigenvalue weighted by molar-refractivity contribution is 5.95. The number of hydrogen-bond donors (Lipinski definition) is 3. The monoisotopic (exact) mass is 275 g/mol. The largest absolute Gasteiger partial charge is 0.411 e. The molecule has 4 N–H and O–H groups in total. The number of carbonyl (C=O) groups excluding carboxylic acids is 1. The molecule has 0 radical (unpaired) electrons. The van der Waals surface area contributed by atoms with Gasteiger partial charge in [-0.1, -0.05) is 41.9 Å². The SMILES string of the molecule is NNC(=O)CC[C@]1(c2ccccc2)CCCC/C1=N/O. The summed E-state index contributed by atoms with van der Waals surface area (Å²) in [4.78, 5) is 11.5. The number of oxime groups is 1. The van der Waals surface area contributed by atoms with Crippen LogP contribution in [0.5, 0.6) is 0 Å². The third-order valence-electron chi connectivity index (χ3n) is 4.21. The van der Waals surface area contributed by atoms with E-state index in [0.717, 1.165) is 37.0 Å². The third-order valence-corrected chi connectivity index (χ3v) is 4.21. The highest BCUT2D eigenvalue weighted by Gasteiger charge is 2.40. The zero-order valence-electron chi connectivity index (χ0n) is 11.5. The van der Waals surface area contributed by atoms with Crippen molar-refractivity contribution in [3.05, 3.63) is 35.9 Å². The van der Waals surface area contributed by atoms with Crippen molar-refractivity contribution in [2.45, 2.75) is 43.9 Å². The van der Waals surface area contributed by atoms with Crippen LogP contribution in [0.1, 0.15) is 44.1 Å². The Bertz CT molecular complexity index is 487. The van der Waals surface area contributed by atoms with Crippen molar-refractivity contribution < 1.29 is 10.0 Å². The van der Waals surface area contributed by atoms with E-state index in [0.29, 0.717) is 12.8 Å². The molecule has 0 heterocycles. The third kappa shape index (κ3) is 2.82. The highest BCUT2D eigenvalue weighted by atomic mass is 16.4. The summed E-state index contributed by atoms with van der Waals surface area (Å²) < 4.78 is 0. The van der Waals surface area contributed by atoms with Crippen molar-refractivity contribution in [1.82, 2.24) is 5.43 Å². The number of carbonyl (C=O) groups is 1. The van der Waals surface area contributed by atoms with Crippen molar-refractivity contribution >= 4 is 11.6 Å². The van der Waals surface area contributed by atoms with Crippen molar-refractivity contribution in [3.8, 4) is 0 Å². The number of benzene rings is 1. The van der Waals surface area contributed by atoms with Crippen LogP contribution in [0.25, 0.3) is 0 Å². The second-order valence-electron chi connectivity index (χ2n) is 5.27. The van der Waals surface area contributed by atoms with Crippen LogP contribution in [0.2, 0.25) is 0 Å². The minimum absolute atomic E-state index is 0.192. The van der Waals surface area contributed by atoms with Gasteiger partial charge >= 0.3 is 0 Å². The number of hydrogen-bond acceptors (Lipinski definition) is 4. The summed E-state index contributed by atoms with van der Waals surface area (Å²) >= 11 is 0. The Labute approximate surface area is 118 Å². The van der Waals surface area contributed by atoms with Crippen LogP contribution in [-0.2, 0) is 10.2 Å². The van der Waals surface area contributed by atoms with E-state index in [1.54, 1.807) is 0 Å². The molecule has 1 aliphatic rings. The summed E-state index contributed by atoms with van der Waals surface area (Å²) in [7, 11) is 0. The van der Waals surface area contributed by atoms with Crippen molar-refractivity contribution in [2.24, 2.45) is 11.0 Å². The van der Waals surface area contributed by atoms with Crippen molar-refractivity contribution in [3.63, 3.8) is 0 Å². The lowest BCUT2D eigenvalue weighted by atomic mass is 9.65. The van der Waals surface area contributed by atoms with E-state index in [1.807, 2.05) is 30.3 Å². The molecular weight excluding hydrogens is 254 g/mol. The summed E-state index contributed by atoms with van der Waals surface area (Å²) in [5.41, 5.74) is 3.70. The first kappa shape index (κ1) is 14.5. The minimum atomic E-state index is -0.346. The second-order valence-corrected chi connectivity index (χ2v) is 5.27. The Morgan fingerprint density at radius 2 is 2.10 bits per heavy atom. The molecule has 1 aromatic rings. The summed E-state index contributed by atoms with van der Waals surface area (Å²) in [6, 6.07) is 9.99. The summed E-state index contributed by atoms with van der Waals surface area (Å²) in [5.74, 6) is 4.97. The molecule has 20 heavy (non-hydrogen) atoms. The molecule has 1 amide bonds. The maximum absolute atomic E-state index is 11.5. The van der Waals surface area contributed by atoms with E-state index >= 15 is 0 Å². The lowest BCUT2D eigenvalue weighted by molar-refractivity contribution is -0.121. The van der Waals surface area contributed by atoms with Gasteiger partial charge in [0.25, 0.3) is 0 Å². The smallest absolute Gasteiger partial charge is 0.233 e. The fraction of sp³-hybridized carbons (Fsp3) is 0.467. The lowest BCUT2D eigenvalue weighted by Crippen LogP contribution is -2.40. The predicted octanol–water partition coefficient (Wildman–Crippen LogP) is 2.10. The van der Waals surface area contributed by atoms with E-state index in [2.05, 4.69) is 10.6 Å². The Morgan fingerprint density at radius 3 is 2.75 bits per heavy atom. The first-order valence-corrected chi connectivity index (χ1v) is 6.99. The Hall–Kier alpha value is -1.88. The van der Waals surface area contributed by atoms with Gasteiger partial charge in [0.15, 0.2) is 0 Å². The molecule has 1 saturated carbocycles. The lowest BCUT2D eigenvalue weighted by Gasteiger charge is -2.38. The van der Waals surface area contributed by atoms with Gasteiger partial charge in [-0.2, -0.15) is 0 Å². The molecule has 2 rings (SSSR count). The van der Waals surface area contributed by atoms with E-state index < -0.39 is 0 Å². The maximum atomic E-state index is 11.5. The van der Waals surface area contributed by atoms with Gasteiger partial charge in [0, 0.05) is 11.8 Å². The fourth-order valence-electron chi connectivity index (χ4n) is 3.13. The fourth-order valence-corrected chi connectivity index (χ4v) is 3.13. The summed E-state index contributed by atoms with van der Waals surface area (Å²) in [6.07, 6.45) is 4.70. The zero-order chi connectivity index (χ0) is 14.4. The average Bonchev–Trinajstić information content (AvgIpc) is 2.53. The molecular formula is C15H21N3O2. The molecule has 5 heteroatoms. The molecule has 0 aliphatic heterocycles. The number of nitrogens with zero attached hydrogens (tertiary/aromatic N) is 1. The van der Waals surface area contributed by atoms with Gasteiger partial charge in [-0.25, -0.2) is 5.84 Å². The van der Waals surface area contributed by atoms with E-state index in [4.69, 9.17) is 5.84 Å². The van der Waals surface area contributed by atoms with Gasteiger partial charge in [-0.15, -0.1) is 0 Å². The number of rotatable bonds is 4. The number of nitrogens with two attached hydrogens (primary N) is 1. The van der Waals surface area contributed by atoms with Crippen LogP contribution < -0.4 is 11.3 Å². The molecule has 1 aliphatic carbocycles. The van der Waals surface area contributed by atoms with Gasteiger partial charge in [-0.3, -0.25) is 10.2 Å². The molecule has 1 fully saturated rings. The van der Waals surface area contributed by atoms with Gasteiger partial charge in [0.2, 0.25) is 5.91 Å². The second kappa shape index (κ2) is 6.52. The summed E-state index contributed by atoms with van der Waals surface area (Å²) in [6.45, 7) is 0. The molecule has 0 aromatic heterocycles. The van der Waals surface area contributed by atoms with Crippen LogP contribution in [0, 0.1) is 0 Å². The first-order chi connectivity index (χ1) is 9.73. The van der Waals surface area contributed by atoms with Gasteiger partial charge in [0.05, 0.1) is 5.71 Å². The quantitative estimate of drug-likeness (QED) is 0.340. The van der Waals surface area contributed by atoms with Crippen LogP contribution in [0.3, 0.4) is 0 Å². The maximum Gasteiger partial charge on any atom is 0.233 e. The number of hydrazine groups is 1. The van der Waals surface area contributed by atoms with Crippen LogP contribution in [0.15, 0.2) is 35.5 Å². The Morgan fingerprint density at radius 1 is 1.35 bits per heavy atom. The molecule has 5 nitrogen and oxygen atoms in total. The van der Waals surface area contributed by atoms with Gasteiger partial charge < -0.3 is 5.21 Å². The number of amides is 1. The van der Waals surface area contributed by atoms with Crippen LogP contribution in [0.4, 0.5) is 0 Å². The van der Waals surface area contributed by atoms with Crippen molar-refractivity contribution in [2.75, 3.05) is 0 Å². The molecule has 0 saturated heterocycles. The molecule has 0 bridgehead atoms. The number of nitrogens with one attached hydrogen (secondary N) is 1. The topological polar surface area (TPSA) is 87.7 Å². The van der Waals surface area contributed by atoms with E-state index in [-0.39, 0.29) is 11.3 Å². The normalized spacial score (nSPS) is 24.6. The Kier molecular flexibility index (Phi) is 4.74. The molecule has 0 spiro atoms. The predicted molar refractivity (Wildman–Crippen MR) is 77.4 cm³/mol. The first-order valence-electron chi connectivity index (χ1n) is 6.99. The molecule has 0 unspecified atom stereocenters. The van der Waals surface area contributed by atoms with Crippen LogP contribution in [-0.4, -0.2) is 16.8 Å². The Balaban J connectivity index is 2.34. The minimum Gasteiger partial charge on any atom is -0.411 e. The average molecular weight is 275 g/mol. The molecule has 1 atom stereocenters. The zero-order valence-corrected chi connectivity index (χ0v) is 11.5. The van der Waals surface area contributed by atoms with E-state index in [9.17, 15) is 10.0 Å². The van der Waals surface area contributed by atoms with E-state index in [1.165, 1.54) is 0 Å².